The highest BCUT2D eigenvalue weighted by Crippen LogP contribution is 2.40. The molecule has 1 saturated heterocycles. The molecular weight excluding hydrogens is 426 g/mol. The van der Waals surface area contributed by atoms with Gasteiger partial charge in [-0.25, -0.2) is 0 Å². The highest BCUT2D eigenvalue weighted by atomic mass is 32.2. The number of carbonyl (C=O) groups is 1. The molecule has 6 nitrogen and oxygen atoms in total. The van der Waals surface area contributed by atoms with Crippen LogP contribution in [0, 0.1) is 0 Å². The van der Waals surface area contributed by atoms with Crippen molar-refractivity contribution in [2.75, 3.05) is 47.5 Å². The number of hydrogen-bond donors (Lipinski definition) is 0. The van der Waals surface area contributed by atoms with E-state index >= 15 is 0 Å². The number of thioether (sulfide) groups is 1. The smallest absolute Gasteiger partial charge is 0.288 e. The number of amides is 1. The summed E-state index contributed by atoms with van der Waals surface area (Å²) in [6.07, 6.45) is 0. The summed E-state index contributed by atoms with van der Waals surface area (Å²) in [6.45, 7) is 3.25. The highest BCUT2D eigenvalue weighted by molar-refractivity contribution is 7.99. The summed E-state index contributed by atoms with van der Waals surface area (Å²) in [5.74, 6) is -0.751. The van der Waals surface area contributed by atoms with Crippen LogP contribution >= 0.6 is 11.8 Å². The molecule has 1 fully saturated rings. The number of methoxy groups -OCH3 is 3. The molecule has 1 amide bonds. The van der Waals surface area contributed by atoms with Gasteiger partial charge in [-0.15, -0.1) is 0 Å². The monoisotopic (exact) mass is 452 g/mol. The van der Waals surface area contributed by atoms with Crippen LogP contribution in [0.1, 0.15) is 15.9 Å². The lowest BCUT2D eigenvalue weighted by Gasteiger charge is -2.35. The molecule has 0 atom stereocenters. The van der Waals surface area contributed by atoms with E-state index in [1.54, 1.807) is 50.5 Å². The predicted octanol–water partition coefficient (Wildman–Crippen LogP) is 3.99. The molecule has 0 N–H and O–H groups in total. The molecule has 0 aromatic heterocycles. The molecule has 2 aromatic carbocycles. The second kappa shape index (κ2) is 10.7. The van der Waals surface area contributed by atoms with Gasteiger partial charge in [-0.3, -0.25) is 9.69 Å². The Morgan fingerprint density at radius 1 is 0.935 bits per heavy atom. The Labute approximate surface area is 185 Å². The first-order chi connectivity index (χ1) is 15.0. The summed E-state index contributed by atoms with van der Waals surface area (Å²) in [5, 5.41) is 0. The SMILES string of the molecule is COc1ccc(CN2CCN(C(=O)c3ccc(SC(F)F)cc3)CC2)c(OC)c1OC. The van der Waals surface area contributed by atoms with Crippen molar-refractivity contribution in [2.45, 2.75) is 17.2 Å². The third-order valence-corrected chi connectivity index (χ3v) is 5.89. The minimum absolute atomic E-state index is 0.0862. The van der Waals surface area contributed by atoms with Crippen LogP contribution in [0.4, 0.5) is 8.78 Å². The minimum Gasteiger partial charge on any atom is -0.493 e. The Balaban J connectivity index is 1.60. The largest absolute Gasteiger partial charge is 0.493 e. The van der Waals surface area contributed by atoms with Crippen molar-refractivity contribution in [1.29, 1.82) is 0 Å². The second-order valence-electron chi connectivity index (χ2n) is 6.96. The van der Waals surface area contributed by atoms with Crippen molar-refractivity contribution in [3.63, 3.8) is 0 Å². The molecule has 31 heavy (non-hydrogen) atoms. The van der Waals surface area contributed by atoms with Gasteiger partial charge >= 0.3 is 0 Å². The molecule has 0 aliphatic carbocycles. The highest BCUT2D eigenvalue weighted by Gasteiger charge is 2.24. The van der Waals surface area contributed by atoms with E-state index in [-0.39, 0.29) is 5.91 Å². The zero-order valence-electron chi connectivity index (χ0n) is 17.8. The number of halogens is 2. The van der Waals surface area contributed by atoms with Crippen LogP contribution in [0.25, 0.3) is 0 Å². The molecule has 0 spiro atoms. The van der Waals surface area contributed by atoms with Gasteiger partial charge in [0, 0.05) is 48.7 Å². The van der Waals surface area contributed by atoms with Crippen LogP contribution in [0.15, 0.2) is 41.3 Å². The Kier molecular flexibility index (Phi) is 7.97. The molecule has 0 bridgehead atoms. The number of benzene rings is 2. The summed E-state index contributed by atoms with van der Waals surface area (Å²) in [4.78, 5) is 17.2. The number of alkyl halides is 2. The lowest BCUT2D eigenvalue weighted by molar-refractivity contribution is 0.0627. The third kappa shape index (κ3) is 5.59. The molecule has 168 valence electrons. The maximum Gasteiger partial charge on any atom is 0.288 e. The molecule has 0 radical (unpaired) electrons. The van der Waals surface area contributed by atoms with Crippen LogP contribution in [-0.2, 0) is 6.54 Å². The third-order valence-electron chi connectivity index (χ3n) is 5.17. The first kappa shape index (κ1) is 23.1. The molecular formula is C22H26F2N2O4S. The van der Waals surface area contributed by atoms with Crippen LogP contribution in [-0.4, -0.2) is 69.0 Å². The summed E-state index contributed by atoms with van der Waals surface area (Å²) in [7, 11) is 4.76. The van der Waals surface area contributed by atoms with E-state index in [2.05, 4.69) is 4.90 Å². The summed E-state index contributed by atoms with van der Waals surface area (Å²) in [6, 6.07) is 10.1. The fourth-order valence-electron chi connectivity index (χ4n) is 3.60. The van der Waals surface area contributed by atoms with Gasteiger partial charge in [0.1, 0.15) is 0 Å². The number of ether oxygens (including phenoxy) is 3. The lowest BCUT2D eigenvalue weighted by Crippen LogP contribution is -2.48. The van der Waals surface area contributed by atoms with Gasteiger partial charge in [0.25, 0.3) is 11.7 Å². The van der Waals surface area contributed by atoms with Gasteiger partial charge in [0.05, 0.1) is 21.3 Å². The number of hydrogen-bond acceptors (Lipinski definition) is 6. The number of nitrogens with zero attached hydrogens (tertiary/aromatic N) is 2. The van der Waals surface area contributed by atoms with Gasteiger partial charge in [-0.1, -0.05) is 17.8 Å². The Morgan fingerprint density at radius 3 is 2.13 bits per heavy atom. The van der Waals surface area contributed by atoms with Crippen LogP contribution < -0.4 is 14.2 Å². The van der Waals surface area contributed by atoms with E-state index in [9.17, 15) is 13.6 Å². The maximum atomic E-state index is 12.8. The molecule has 2 aromatic rings. The van der Waals surface area contributed by atoms with Gasteiger partial charge in [-0.2, -0.15) is 8.78 Å². The van der Waals surface area contributed by atoms with Crippen molar-refractivity contribution in [2.24, 2.45) is 0 Å². The quantitative estimate of drug-likeness (QED) is 0.565. The average molecular weight is 453 g/mol. The molecule has 1 aliphatic heterocycles. The number of carbonyl (C=O) groups excluding carboxylic acids is 1. The van der Waals surface area contributed by atoms with E-state index < -0.39 is 5.76 Å². The van der Waals surface area contributed by atoms with Gasteiger partial charge in [-0.05, 0) is 30.3 Å². The first-order valence-electron chi connectivity index (χ1n) is 9.81. The van der Waals surface area contributed by atoms with Gasteiger partial charge in [0.15, 0.2) is 11.5 Å². The Hall–Kier alpha value is -2.52. The van der Waals surface area contributed by atoms with E-state index in [4.69, 9.17) is 14.2 Å². The molecule has 0 saturated carbocycles. The second-order valence-corrected chi connectivity index (χ2v) is 8.03. The Bertz CT molecular complexity index is 888. The van der Waals surface area contributed by atoms with Crippen LogP contribution in [0.3, 0.4) is 0 Å². The molecule has 9 heteroatoms. The van der Waals surface area contributed by atoms with Crippen molar-refractivity contribution in [1.82, 2.24) is 9.80 Å². The summed E-state index contributed by atoms with van der Waals surface area (Å²) in [5.41, 5.74) is 1.49. The van der Waals surface area contributed by atoms with Crippen molar-refractivity contribution < 1.29 is 27.8 Å². The molecule has 0 unspecified atom stereocenters. The zero-order valence-corrected chi connectivity index (χ0v) is 18.6. The molecule has 3 rings (SSSR count). The van der Waals surface area contributed by atoms with Crippen LogP contribution in [0.2, 0.25) is 0 Å². The average Bonchev–Trinajstić information content (AvgIpc) is 2.78. The Morgan fingerprint density at radius 2 is 1.58 bits per heavy atom. The van der Waals surface area contributed by atoms with E-state index in [0.717, 1.165) is 5.56 Å². The fourth-order valence-corrected chi connectivity index (χ4v) is 4.10. The van der Waals surface area contributed by atoms with E-state index in [0.29, 0.717) is 72.2 Å². The fraction of sp³-hybridized carbons (Fsp3) is 0.409. The maximum absolute atomic E-state index is 12.8. The zero-order chi connectivity index (χ0) is 22.4. The van der Waals surface area contributed by atoms with E-state index in [1.807, 2.05) is 12.1 Å². The minimum atomic E-state index is -2.47. The lowest BCUT2D eigenvalue weighted by atomic mass is 10.1. The molecule has 1 heterocycles. The topological polar surface area (TPSA) is 51.2 Å². The standard InChI is InChI=1S/C22H26F2N2O4S/c1-28-18-9-6-16(19(29-2)20(18)30-3)14-25-10-12-26(13-11-25)21(27)15-4-7-17(8-5-15)31-22(23)24/h4-9,22H,10-14H2,1-3H3. The van der Waals surface area contributed by atoms with Gasteiger partial charge < -0.3 is 19.1 Å². The first-order valence-corrected chi connectivity index (χ1v) is 10.7. The number of piperazine rings is 1. The number of rotatable bonds is 8. The predicted molar refractivity (Wildman–Crippen MR) is 116 cm³/mol. The molecule has 1 aliphatic rings. The van der Waals surface area contributed by atoms with Crippen molar-refractivity contribution in [3.8, 4) is 17.2 Å². The summed E-state index contributed by atoms with van der Waals surface area (Å²) < 4.78 is 41.2. The van der Waals surface area contributed by atoms with Crippen molar-refractivity contribution >= 4 is 17.7 Å². The van der Waals surface area contributed by atoms with E-state index in [1.165, 1.54) is 0 Å². The van der Waals surface area contributed by atoms with Crippen LogP contribution in [0.5, 0.6) is 17.2 Å². The normalized spacial score (nSPS) is 14.6. The summed E-state index contributed by atoms with van der Waals surface area (Å²) >= 11 is 0.471. The van der Waals surface area contributed by atoms with Crippen molar-refractivity contribution in [3.05, 3.63) is 47.5 Å². The van der Waals surface area contributed by atoms with Gasteiger partial charge in [0.2, 0.25) is 5.75 Å².